The third-order valence-electron chi connectivity index (χ3n) is 4.94. The summed E-state index contributed by atoms with van der Waals surface area (Å²) in [5.41, 5.74) is 10.3. The van der Waals surface area contributed by atoms with Gasteiger partial charge in [-0.1, -0.05) is 36.4 Å². The van der Waals surface area contributed by atoms with Gasteiger partial charge < -0.3 is 15.0 Å². The number of alkyl halides is 3. The number of ether oxygens (including phenoxy) is 1. The molecule has 0 bridgehead atoms. The first-order valence-electron chi connectivity index (χ1n) is 8.99. The van der Waals surface area contributed by atoms with E-state index < -0.39 is 12.4 Å². The summed E-state index contributed by atoms with van der Waals surface area (Å²) in [4.78, 5) is 0. The summed E-state index contributed by atoms with van der Waals surface area (Å²) in [5, 5.41) is 2.27. The number of hydrogen-bond donors (Lipinski definition) is 1. The summed E-state index contributed by atoms with van der Waals surface area (Å²) in [6.07, 6.45) is -4.71. The standard InChI is InChI=1S/C22H19F3N2O/c1-2-27-19-6-4-3-5-17(19)18-13-15(9-12-20(18)27)21(26)14-7-10-16(11-8-14)28-22(23,24)25/h3-13,21H,2,26H2,1H3/t21-/m0/s1. The van der Waals surface area contributed by atoms with Crippen molar-refractivity contribution in [2.45, 2.75) is 25.9 Å². The van der Waals surface area contributed by atoms with Crippen molar-refractivity contribution in [2.75, 3.05) is 0 Å². The molecule has 0 amide bonds. The third-order valence-corrected chi connectivity index (χ3v) is 4.94. The molecule has 6 heteroatoms. The fraction of sp³-hybridized carbons (Fsp3) is 0.182. The molecule has 4 rings (SSSR count). The van der Waals surface area contributed by atoms with Crippen molar-refractivity contribution in [1.29, 1.82) is 0 Å². The van der Waals surface area contributed by atoms with E-state index >= 15 is 0 Å². The second kappa shape index (κ2) is 6.87. The van der Waals surface area contributed by atoms with Gasteiger partial charge >= 0.3 is 6.36 Å². The fourth-order valence-corrected chi connectivity index (χ4v) is 3.67. The Hall–Kier alpha value is -2.99. The summed E-state index contributed by atoms with van der Waals surface area (Å²) in [7, 11) is 0. The van der Waals surface area contributed by atoms with Gasteiger partial charge in [-0.3, -0.25) is 0 Å². The Morgan fingerprint density at radius 2 is 1.54 bits per heavy atom. The molecule has 1 heterocycles. The van der Waals surface area contributed by atoms with E-state index in [0.717, 1.165) is 28.4 Å². The van der Waals surface area contributed by atoms with E-state index in [1.165, 1.54) is 17.6 Å². The number of hydrogen-bond acceptors (Lipinski definition) is 2. The van der Waals surface area contributed by atoms with Crippen LogP contribution in [0.1, 0.15) is 24.1 Å². The molecule has 0 saturated heterocycles. The van der Waals surface area contributed by atoms with Gasteiger partial charge in [0.1, 0.15) is 5.75 Å². The van der Waals surface area contributed by atoms with Crippen molar-refractivity contribution in [3.8, 4) is 5.75 Å². The highest BCUT2D eigenvalue weighted by atomic mass is 19.4. The smallest absolute Gasteiger partial charge is 0.406 e. The molecule has 0 aliphatic rings. The first-order valence-corrected chi connectivity index (χ1v) is 8.99. The summed E-state index contributed by atoms with van der Waals surface area (Å²) >= 11 is 0. The van der Waals surface area contributed by atoms with Crippen LogP contribution in [0.4, 0.5) is 13.2 Å². The zero-order valence-corrected chi connectivity index (χ0v) is 15.2. The maximum absolute atomic E-state index is 12.3. The van der Waals surface area contributed by atoms with Crippen LogP contribution in [0.25, 0.3) is 21.8 Å². The molecule has 2 N–H and O–H groups in total. The molecule has 0 unspecified atom stereocenters. The highest BCUT2D eigenvalue weighted by molar-refractivity contribution is 6.08. The highest BCUT2D eigenvalue weighted by Crippen LogP contribution is 2.32. The lowest BCUT2D eigenvalue weighted by Crippen LogP contribution is -2.17. The number of nitrogens with two attached hydrogens (primary N) is 1. The summed E-state index contributed by atoms with van der Waals surface area (Å²) in [5.74, 6) is -0.259. The van der Waals surface area contributed by atoms with Gasteiger partial charge in [0.05, 0.1) is 6.04 Å². The lowest BCUT2D eigenvalue weighted by molar-refractivity contribution is -0.274. The predicted octanol–water partition coefficient (Wildman–Crippen LogP) is 5.76. The Bertz CT molecular complexity index is 1130. The number of halogens is 3. The Morgan fingerprint density at radius 1 is 0.893 bits per heavy atom. The molecule has 0 radical (unpaired) electrons. The molecule has 0 fully saturated rings. The molecule has 4 aromatic rings. The Morgan fingerprint density at radius 3 is 2.21 bits per heavy atom. The number of benzene rings is 3. The molecular formula is C22H19F3N2O. The average Bonchev–Trinajstić information content (AvgIpc) is 3.00. The first-order chi connectivity index (χ1) is 13.4. The quantitative estimate of drug-likeness (QED) is 0.486. The van der Waals surface area contributed by atoms with Crippen LogP contribution in [-0.2, 0) is 6.54 Å². The van der Waals surface area contributed by atoms with Gasteiger partial charge in [0, 0.05) is 28.4 Å². The van der Waals surface area contributed by atoms with Gasteiger partial charge in [-0.2, -0.15) is 0 Å². The zero-order valence-electron chi connectivity index (χ0n) is 15.2. The second-order valence-corrected chi connectivity index (χ2v) is 6.63. The number of rotatable bonds is 4. The normalized spacial score (nSPS) is 13.2. The van der Waals surface area contributed by atoms with Crippen LogP contribution in [0.15, 0.2) is 66.7 Å². The number of aromatic nitrogens is 1. The van der Waals surface area contributed by atoms with E-state index in [-0.39, 0.29) is 5.75 Å². The molecule has 3 aromatic carbocycles. The molecule has 0 aliphatic carbocycles. The summed E-state index contributed by atoms with van der Waals surface area (Å²) < 4.78 is 43.1. The van der Waals surface area contributed by atoms with Gasteiger partial charge in [0.2, 0.25) is 0 Å². The van der Waals surface area contributed by atoms with E-state index in [2.05, 4.69) is 40.5 Å². The van der Waals surface area contributed by atoms with Crippen LogP contribution in [-0.4, -0.2) is 10.9 Å². The Kier molecular flexibility index (Phi) is 4.51. The molecule has 28 heavy (non-hydrogen) atoms. The lowest BCUT2D eigenvalue weighted by Gasteiger charge is -2.15. The second-order valence-electron chi connectivity index (χ2n) is 6.63. The first kappa shape index (κ1) is 18.4. The van der Waals surface area contributed by atoms with Crippen molar-refractivity contribution in [3.63, 3.8) is 0 Å². The molecule has 3 nitrogen and oxygen atoms in total. The lowest BCUT2D eigenvalue weighted by atomic mass is 9.98. The largest absolute Gasteiger partial charge is 0.573 e. The van der Waals surface area contributed by atoms with E-state index in [9.17, 15) is 13.2 Å². The van der Waals surface area contributed by atoms with E-state index in [1.807, 2.05) is 18.2 Å². The summed E-state index contributed by atoms with van der Waals surface area (Å²) in [6, 6.07) is 19.5. The van der Waals surface area contributed by atoms with Crippen molar-refractivity contribution >= 4 is 21.8 Å². The van der Waals surface area contributed by atoms with Crippen LogP contribution in [0.2, 0.25) is 0 Å². The number of para-hydroxylation sites is 1. The fourth-order valence-electron chi connectivity index (χ4n) is 3.67. The Labute approximate surface area is 160 Å². The van der Waals surface area contributed by atoms with Crippen LogP contribution >= 0.6 is 0 Å². The monoisotopic (exact) mass is 384 g/mol. The SMILES string of the molecule is CCn1c2ccccc2c2cc([C@@H](N)c3ccc(OC(F)(F)F)cc3)ccc21. The van der Waals surface area contributed by atoms with Crippen LogP contribution in [0, 0.1) is 0 Å². The predicted molar refractivity (Wildman–Crippen MR) is 104 cm³/mol. The van der Waals surface area contributed by atoms with E-state index in [0.29, 0.717) is 5.56 Å². The van der Waals surface area contributed by atoms with Gasteiger partial charge in [-0.25, -0.2) is 0 Å². The summed E-state index contributed by atoms with van der Waals surface area (Å²) in [6.45, 7) is 2.96. The van der Waals surface area contributed by atoms with Crippen molar-refractivity contribution in [2.24, 2.45) is 5.73 Å². The molecule has 144 valence electrons. The molecule has 0 aliphatic heterocycles. The zero-order chi connectivity index (χ0) is 19.9. The van der Waals surface area contributed by atoms with Gasteiger partial charge in [-0.05, 0) is 48.4 Å². The van der Waals surface area contributed by atoms with Gasteiger partial charge in [0.25, 0.3) is 0 Å². The number of fused-ring (bicyclic) bond motifs is 3. The third kappa shape index (κ3) is 3.31. The topological polar surface area (TPSA) is 40.2 Å². The molecule has 0 spiro atoms. The van der Waals surface area contributed by atoms with E-state index in [4.69, 9.17) is 5.73 Å². The number of aryl methyl sites for hydroxylation is 1. The highest BCUT2D eigenvalue weighted by Gasteiger charge is 2.31. The minimum atomic E-state index is -4.71. The van der Waals surface area contributed by atoms with Crippen LogP contribution in [0.5, 0.6) is 5.75 Å². The average molecular weight is 384 g/mol. The van der Waals surface area contributed by atoms with Crippen molar-refractivity contribution < 1.29 is 17.9 Å². The van der Waals surface area contributed by atoms with Crippen LogP contribution < -0.4 is 10.5 Å². The van der Waals surface area contributed by atoms with Gasteiger partial charge in [0.15, 0.2) is 0 Å². The van der Waals surface area contributed by atoms with Crippen molar-refractivity contribution in [1.82, 2.24) is 4.57 Å². The maximum Gasteiger partial charge on any atom is 0.573 e. The van der Waals surface area contributed by atoms with Crippen molar-refractivity contribution in [3.05, 3.63) is 77.9 Å². The molecular weight excluding hydrogens is 365 g/mol. The Balaban J connectivity index is 1.72. The molecule has 0 saturated carbocycles. The van der Waals surface area contributed by atoms with Crippen LogP contribution in [0.3, 0.4) is 0 Å². The minimum Gasteiger partial charge on any atom is -0.406 e. The molecule has 1 aromatic heterocycles. The molecule has 1 atom stereocenters. The van der Waals surface area contributed by atoms with E-state index in [1.54, 1.807) is 12.1 Å². The minimum absolute atomic E-state index is 0.259. The van der Waals surface area contributed by atoms with Gasteiger partial charge in [-0.15, -0.1) is 13.2 Å². The maximum atomic E-state index is 12.3. The number of nitrogens with zero attached hydrogens (tertiary/aromatic N) is 1.